The Bertz CT molecular complexity index is 2050. The van der Waals surface area contributed by atoms with Crippen LogP contribution in [0, 0.1) is 11.7 Å². The first-order valence-electron chi connectivity index (χ1n) is 19.3. The van der Waals surface area contributed by atoms with Gasteiger partial charge in [-0.3, -0.25) is 28.9 Å². The minimum absolute atomic E-state index is 0.0400. The molecular weight excluding hydrogens is 838 g/mol. The summed E-state index contributed by atoms with van der Waals surface area (Å²) >= 11 is 11.8. The van der Waals surface area contributed by atoms with Crippen LogP contribution in [-0.4, -0.2) is 135 Å². The molecule has 0 radical (unpaired) electrons. The Labute approximate surface area is 350 Å². The molecule has 21 heteroatoms. The van der Waals surface area contributed by atoms with Gasteiger partial charge in [-0.05, 0) is 64.5 Å². The van der Waals surface area contributed by atoms with Crippen molar-refractivity contribution in [3.63, 3.8) is 0 Å². The predicted molar refractivity (Wildman–Crippen MR) is 208 cm³/mol. The number of rotatable bonds is 7. The Morgan fingerprint density at radius 2 is 1.78 bits per heavy atom. The van der Waals surface area contributed by atoms with E-state index < -0.39 is 116 Å². The molecule has 5 aliphatic rings. The van der Waals surface area contributed by atoms with Crippen LogP contribution in [0.5, 0.6) is 0 Å². The third-order valence-electron chi connectivity index (χ3n) is 10.8. The lowest BCUT2D eigenvalue weighted by molar-refractivity contribution is -0.144. The smallest absolute Gasteiger partial charge is 0.410 e. The number of alkyl halides is 2. The number of nitrogens with one attached hydrogen (secondary N) is 2. The summed E-state index contributed by atoms with van der Waals surface area (Å²) in [7, 11) is -4.49. The van der Waals surface area contributed by atoms with Gasteiger partial charge in [0, 0.05) is 31.0 Å². The minimum Gasteiger partial charge on any atom is -0.444 e. The molecule has 322 valence electrons. The van der Waals surface area contributed by atoms with E-state index in [9.17, 15) is 46.4 Å². The van der Waals surface area contributed by atoms with Crippen molar-refractivity contribution in [1.82, 2.24) is 29.6 Å². The number of alkyl carbamates (subject to hydrolysis) is 1. The van der Waals surface area contributed by atoms with Crippen LogP contribution in [0.15, 0.2) is 30.4 Å². The summed E-state index contributed by atoms with van der Waals surface area (Å²) in [5.41, 5.74) is -2.04. The fraction of sp³-hybridized carbons (Fsp3) is 0.605. The highest BCUT2D eigenvalue weighted by molar-refractivity contribution is 7.91. The zero-order chi connectivity index (χ0) is 43.0. The van der Waals surface area contributed by atoms with E-state index in [1.807, 2.05) is 0 Å². The van der Waals surface area contributed by atoms with Crippen LogP contribution in [0.3, 0.4) is 0 Å². The summed E-state index contributed by atoms with van der Waals surface area (Å²) in [4.78, 5) is 100. The van der Waals surface area contributed by atoms with Gasteiger partial charge in [-0.15, -0.1) is 23.2 Å². The molecule has 2 saturated carbocycles. The fourth-order valence-electron chi connectivity index (χ4n) is 7.61. The lowest BCUT2D eigenvalue weighted by Gasteiger charge is -2.33. The Morgan fingerprint density at radius 3 is 2.42 bits per heavy atom. The van der Waals surface area contributed by atoms with E-state index in [0.29, 0.717) is 24.0 Å². The largest absolute Gasteiger partial charge is 0.444 e. The summed E-state index contributed by atoms with van der Waals surface area (Å²) in [5, 5.41) is 4.20. The summed E-state index contributed by atoms with van der Waals surface area (Å²) in [6, 6.07) is 1.44. The standard InChI is InChI=1S/C38H47Cl2FN6O11S/c1-37(2,3)58-35(53)42-28-21-44(30(48)16-39)13-6-4-5-9-23-15-38(23,34(52)47(31(49)17-40)59(55,56)25-11-12-25)43-32(50)29-14-24(19-46(29)33(28)51)57-36(54)45-18-22-8-7-10-27(41)26(22)20-45/h5,7-10,23-25,28-29H,4,6,11-21H2,1-3H3,(H,42,53)(H,43,50)/b9-5-/t23-,24-,28+,29?,38-/m1/s1. The summed E-state index contributed by atoms with van der Waals surface area (Å²) in [6.07, 6.45) is 0.978. The number of benzene rings is 1. The van der Waals surface area contributed by atoms with E-state index in [-0.39, 0.29) is 56.2 Å². The first-order valence-corrected chi connectivity index (χ1v) is 21.9. The molecule has 1 aromatic carbocycles. The number of ether oxygens (including phenoxy) is 2. The van der Waals surface area contributed by atoms with Crippen LogP contribution in [-0.2, 0) is 56.6 Å². The number of carbonyl (C=O) groups excluding carboxylic acids is 7. The first-order chi connectivity index (χ1) is 27.8. The Hall–Kier alpha value is -4.49. The number of amides is 7. The van der Waals surface area contributed by atoms with Crippen molar-refractivity contribution in [3.05, 3.63) is 47.3 Å². The fourth-order valence-corrected chi connectivity index (χ4v) is 9.74. The Morgan fingerprint density at radius 1 is 1.05 bits per heavy atom. The number of halogens is 3. The quantitative estimate of drug-likeness (QED) is 0.300. The number of hydrogen-bond donors (Lipinski definition) is 2. The van der Waals surface area contributed by atoms with Gasteiger partial charge < -0.3 is 29.9 Å². The van der Waals surface area contributed by atoms with Crippen molar-refractivity contribution in [2.24, 2.45) is 5.92 Å². The van der Waals surface area contributed by atoms with Crippen molar-refractivity contribution in [2.45, 2.75) is 107 Å². The lowest BCUT2D eigenvalue weighted by atomic mass is 10.1. The Balaban J connectivity index is 1.35. The van der Waals surface area contributed by atoms with Gasteiger partial charge in [0.1, 0.15) is 46.9 Å². The Kier molecular flexibility index (Phi) is 12.9. The summed E-state index contributed by atoms with van der Waals surface area (Å²) in [6.45, 7) is 4.05. The van der Waals surface area contributed by atoms with Crippen LogP contribution in [0.25, 0.3) is 0 Å². The highest BCUT2D eigenvalue weighted by Crippen LogP contribution is 2.48. The molecule has 2 aliphatic carbocycles. The van der Waals surface area contributed by atoms with Gasteiger partial charge in [0.15, 0.2) is 0 Å². The maximum atomic E-state index is 14.7. The van der Waals surface area contributed by atoms with Crippen molar-refractivity contribution in [1.29, 1.82) is 0 Å². The van der Waals surface area contributed by atoms with Crippen LogP contribution >= 0.6 is 23.2 Å². The molecule has 2 N–H and O–H groups in total. The van der Waals surface area contributed by atoms with Gasteiger partial charge in [-0.2, -0.15) is 4.31 Å². The third kappa shape index (κ3) is 9.62. The van der Waals surface area contributed by atoms with Crippen LogP contribution in [0.4, 0.5) is 14.0 Å². The highest BCUT2D eigenvalue weighted by Gasteiger charge is 2.65. The summed E-state index contributed by atoms with van der Waals surface area (Å²) < 4.78 is 52.9. The SMILES string of the molecule is CC(C)(C)OC(=O)N[C@H]1CN(C(=O)CCl)CCC/C=C\[C@@H]2C[C@@]2(C(=O)N(C(=O)CCl)S(=O)(=O)C2CC2)NC(=O)C2C[C@@H](OC(=O)N3Cc4cccc(F)c4C3)CN2C1=O. The van der Waals surface area contributed by atoms with E-state index in [4.69, 9.17) is 32.7 Å². The second-order valence-electron chi connectivity index (χ2n) is 16.3. The number of hydrogen-bond acceptors (Lipinski definition) is 11. The van der Waals surface area contributed by atoms with E-state index >= 15 is 0 Å². The molecule has 7 amide bonds. The van der Waals surface area contributed by atoms with E-state index in [0.717, 1.165) is 4.90 Å². The van der Waals surface area contributed by atoms with Crippen LogP contribution < -0.4 is 10.6 Å². The number of allylic oxidation sites excluding steroid dienone is 1. The number of fused-ring (bicyclic) bond motifs is 3. The molecule has 1 saturated heterocycles. The average molecular weight is 886 g/mol. The maximum Gasteiger partial charge on any atom is 0.410 e. The van der Waals surface area contributed by atoms with Crippen molar-refractivity contribution < 1.29 is 55.8 Å². The third-order valence-corrected chi connectivity index (χ3v) is 13.4. The molecule has 0 aromatic heterocycles. The molecule has 3 fully saturated rings. The van der Waals surface area contributed by atoms with E-state index in [1.165, 1.54) is 21.9 Å². The van der Waals surface area contributed by atoms with E-state index in [2.05, 4.69) is 10.6 Å². The monoisotopic (exact) mass is 884 g/mol. The average Bonchev–Trinajstić information content (AvgIpc) is 4.05. The molecule has 1 unspecified atom stereocenters. The van der Waals surface area contributed by atoms with Crippen LogP contribution in [0.1, 0.15) is 70.4 Å². The van der Waals surface area contributed by atoms with E-state index in [1.54, 1.807) is 39.0 Å². The van der Waals surface area contributed by atoms with Gasteiger partial charge in [0.05, 0.1) is 24.9 Å². The second kappa shape index (κ2) is 17.2. The molecule has 3 aliphatic heterocycles. The molecule has 1 aromatic rings. The van der Waals surface area contributed by atoms with Crippen molar-refractivity contribution >= 4 is 74.9 Å². The van der Waals surface area contributed by atoms with Gasteiger partial charge in [0.25, 0.3) is 11.8 Å². The second-order valence-corrected chi connectivity index (χ2v) is 18.9. The summed E-state index contributed by atoms with van der Waals surface area (Å²) in [5.74, 6) is -7.34. The number of sulfonamides is 1. The molecule has 0 bridgehead atoms. The molecular formula is C38H47Cl2FN6O11S. The van der Waals surface area contributed by atoms with Gasteiger partial charge in [-0.25, -0.2) is 22.4 Å². The highest BCUT2D eigenvalue weighted by atomic mass is 35.5. The number of imide groups is 1. The predicted octanol–water partition coefficient (Wildman–Crippen LogP) is 2.52. The van der Waals surface area contributed by atoms with Crippen molar-refractivity contribution in [3.8, 4) is 0 Å². The number of nitrogens with zero attached hydrogens (tertiary/aromatic N) is 4. The zero-order valence-electron chi connectivity index (χ0n) is 32.8. The molecule has 6 rings (SSSR count). The van der Waals surface area contributed by atoms with Crippen molar-refractivity contribution in [2.75, 3.05) is 31.4 Å². The minimum atomic E-state index is -4.49. The number of carbonyl (C=O) groups is 7. The topological polar surface area (TPSA) is 209 Å². The van der Waals surface area contributed by atoms with Gasteiger partial charge in [-0.1, -0.05) is 24.3 Å². The maximum absolute atomic E-state index is 14.7. The molecule has 0 spiro atoms. The lowest BCUT2D eigenvalue weighted by Crippen LogP contribution is -2.61. The molecule has 3 heterocycles. The zero-order valence-corrected chi connectivity index (χ0v) is 35.1. The first kappa shape index (κ1) is 44.1. The molecule has 17 nitrogen and oxygen atoms in total. The van der Waals surface area contributed by atoms with Crippen LogP contribution in [0.2, 0.25) is 0 Å². The van der Waals surface area contributed by atoms with Gasteiger partial charge >= 0.3 is 12.2 Å². The van der Waals surface area contributed by atoms with Gasteiger partial charge in [0.2, 0.25) is 27.7 Å². The molecule has 59 heavy (non-hydrogen) atoms. The molecule has 5 atom stereocenters. The normalized spacial score (nSPS) is 26.6.